The van der Waals surface area contributed by atoms with Gasteiger partial charge in [0.1, 0.15) is 0 Å². The van der Waals surface area contributed by atoms with Gasteiger partial charge in [0.2, 0.25) is 0 Å². The van der Waals surface area contributed by atoms with Crippen LogP contribution in [0.3, 0.4) is 0 Å². The van der Waals surface area contributed by atoms with Crippen molar-refractivity contribution in [2.24, 2.45) is 0 Å². The summed E-state index contributed by atoms with van der Waals surface area (Å²) in [7, 11) is 2.18. The molecule has 25 heavy (non-hydrogen) atoms. The first-order chi connectivity index (χ1) is 12.1. The number of nitrogens with zero attached hydrogens (tertiary/aromatic N) is 3. The van der Waals surface area contributed by atoms with Crippen LogP contribution in [0.25, 0.3) is 10.9 Å². The smallest absolute Gasteiger partial charge is 0.0970 e. The number of aliphatic hydroxyl groups excluding tert-OH is 1. The van der Waals surface area contributed by atoms with Crippen LogP contribution in [-0.4, -0.2) is 33.1 Å². The maximum atomic E-state index is 10.8. The van der Waals surface area contributed by atoms with Crippen molar-refractivity contribution in [2.75, 3.05) is 13.6 Å². The van der Waals surface area contributed by atoms with Gasteiger partial charge < -0.3 is 9.67 Å². The van der Waals surface area contributed by atoms with Crippen molar-refractivity contribution in [1.29, 1.82) is 0 Å². The van der Waals surface area contributed by atoms with Gasteiger partial charge in [0.25, 0.3) is 0 Å². The Hall–Kier alpha value is -2.17. The van der Waals surface area contributed by atoms with Crippen LogP contribution in [0.2, 0.25) is 0 Å². The minimum Gasteiger partial charge on any atom is -0.387 e. The summed E-state index contributed by atoms with van der Waals surface area (Å²) in [5, 5.41) is 12.1. The van der Waals surface area contributed by atoms with E-state index in [4.69, 9.17) is 0 Å². The summed E-state index contributed by atoms with van der Waals surface area (Å²) in [4.78, 5) is 6.44. The van der Waals surface area contributed by atoms with Gasteiger partial charge >= 0.3 is 0 Å². The van der Waals surface area contributed by atoms with E-state index < -0.39 is 6.10 Å². The second-order valence-electron chi connectivity index (χ2n) is 7.20. The molecule has 4 nitrogen and oxygen atoms in total. The summed E-state index contributed by atoms with van der Waals surface area (Å²) in [6.45, 7) is 6.05. The van der Waals surface area contributed by atoms with Gasteiger partial charge in [0.15, 0.2) is 0 Å². The highest BCUT2D eigenvalue weighted by atomic mass is 16.3. The summed E-state index contributed by atoms with van der Waals surface area (Å²) >= 11 is 0. The lowest BCUT2D eigenvalue weighted by molar-refractivity contribution is 0.152. The molecule has 2 unspecified atom stereocenters. The fourth-order valence-corrected chi connectivity index (χ4v) is 4.05. The fourth-order valence-electron chi connectivity index (χ4n) is 4.05. The van der Waals surface area contributed by atoms with Gasteiger partial charge in [-0.3, -0.25) is 9.88 Å². The lowest BCUT2D eigenvalue weighted by atomic mass is 9.98. The quantitative estimate of drug-likeness (QED) is 0.795. The number of pyridine rings is 1. The summed E-state index contributed by atoms with van der Waals surface area (Å²) in [5.74, 6) is 0. The molecular weight excluding hydrogens is 310 g/mol. The molecule has 0 bridgehead atoms. The molecule has 0 saturated heterocycles. The third kappa shape index (κ3) is 2.75. The van der Waals surface area contributed by atoms with Crippen molar-refractivity contribution in [1.82, 2.24) is 14.5 Å². The molecule has 3 heterocycles. The Labute approximate surface area is 148 Å². The standard InChI is InChI=1S/C21H25N3O/c1-14-4-5-19-18(12-14)17-8-11-23(3)15(2)21(17)24(19)13-20(25)16-6-9-22-10-7-16/h4-7,9-10,12,15,20,25H,8,11,13H2,1-3H3. The van der Waals surface area contributed by atoms with E-state index in [2.05, 4.69) is 53.5 Å². The number of hydrogen-bond donors (Lipinski definition) is 1. The zero-order chi connectivity index (χ0) is 17.6. The Balaban J connectivity index is 1.85. The van der Waals surface area contributed by atoms with E-state index in [1.807, 2.05) is 12.1 Å². The molecule has 0 fully saturated rings. The Morgan fingerprint density at radius 1 is 1.24 bits per heavy atom. The molecule has 2 atom stereocenters. The van der Waals surface area contributed by atoms with Crippen LogP contribution in [0.5, 0.6) is 0 Å². The fraction of sp³-hybridized carbons (Fsp3) is 0.381. The number of benzene rings is 1. The Kier molecular flexibility index (Phi) is 4.10. The Bertz CT molecular complexity index is 900. The number of fused-ring (bicyclic) bond motifs is 3. The highest BCUT2D eigenvalue weighted by molar-refractivity contribution is 5.86. The van der Waals surface area contributed by atoms with Gasteiger partial charge in [-0.2, -0.15) is 0 Å². The second kappa shape index (κ2) is 6.28. The van der Waals surface area contributed by atoms with Crippen LogP contribution < -0.4 is 0 Å². The molecule has 130 valence electrons. The van der Waals surface area contributed by atoms with E-state index >= 15 is 0 Å². The topological polar surface area (TPSA) is 41.3 Å². The Morgan fingerprint density at radius 2 is 2.00 bits per heavy atom. The molecule has 1 aliphatic rings. The van der Waals surface area contributed by atoms with Crippen LogP contribution >= 0.6 is 0 Å². The first kappa shape index (κ1) is 16.3. The van der Waals surface area contributed by atoms with Crippen LogP contribution in [0.15, 0.2) is 42.7 Å². The maximum absolute atomic E-state index is 10.8. The third-order valence-corrected chi connectivity index (χ3v) is 5.59. The number of likely N-dealkylation sites (N-methyl/N-ethyl adjacent to an activating group) is 1. The van der Waals surface area contributed by atoms with E-state index in [1.165, 1.54) is 27.7 Å². The molecule has 1 N–H and O–H groups in total. The monoisotopic (exact) mass is 335 g/mol. The predicted molar refractivity (Wildman–Crippen MR) is 101 cm³/mol. The maximum Gasteiger partial charge on any atom is 0.0970 e. The summed E-state index contributed by atoms with van der Waals surface area (Å²) in [6.07, 6.45) is 4.00. The van der Waals surface area contributed by atoms with E-state index in [1.54, 1.807) is 12.4 Å². The van der Waals surface area contributed by atoms with Gasteiger partial charge in [-0.15, -0.1) is 0 Å². The van der Waals surface area contributed by atoms with E-state index in [-0.39, 0.29) is 0 Å². The molecule has 0 spiro atoms. The zero-order valence-corrected chi connectivity index (χ0v) is 15.1. The molecule has 3 aromatic rings. The number of aromatic nitrogens is 2. The van der Waals surface area contributed by atoms with Crippen molar-refractivity contribution in [3.63, 3.8) is 0 Å². The molecule has 0 amide bonds. The molecule has 4 heteroatoms. The molecule has 0 radical (unpaired) electrons. The minimum absolute atomic E-state index is 0.348. The summed E-state index contributed by atoms with van der Waals surface area (Å²) in [6, 6.07) is 10.8. The highest BCUT2D eigenvalue weighted by Crippen LogP contribution is 2.37. The van der Waals surface area contributed by atoms with Gasteiger partial charge in [-0.05, 0) is 62.7 Å². The lowest BCUT2D eigenvalue weighted by Crippen LogP contribution is -2.32. The van der Waals surface area contributed by atoms with Crippen LogP contribution in [0.1, 0.15) is 41.5 Å². The summed E-state index contributed by atoms with van der Waals surface area (Å²) in [5.41, 5.74) is 6.22. The summed E-state index contributed by atoms with van der Waals surface area (Å²) < 4.78 is 2.33. The zero-order valence-electron chi connectivity index (χ0n) is 15.1. The molecule has 2 aromatic heterocycles. The molecule has 1 aromatic carbocycles. The van der Waals surface area contributed by atoms with E-state index in [9.17, 15) is 5.11 Å². The predicted octanol–water partition coefficient (Wildman–Crippen LogP) is 3.63. The second-order valence-corrected chi connectivity index (χ2v) is 7.20. The van der Waals surface area contributed by atoms with Gasteiger partial charge in [0.05, 0.1) is 12.6 Å². The normalized spacial score (nSPS) is 19.1. The average molecular weight is 335 g/mol. The first-order valence-electron chi connectivity index (χ1n) is 8.96. The molecule has 0 aliphatic carbocycles. The average Bonchev–Trinajstić information content (AvgIpc) is 2.92. The van der Waals surface area contributed by atoms with Crippen LogP contribution in [-0.2, 0) is 13.0 Å². The SMILES string of the molecule is Cc1ccc2c(c1)c1c(n2CC(O)c2ccncc2)C(C)N(C)CC1. The van der Waals surface area contributed by atoms with Gasteiger partial charge in [-0.1, -0.05) is 11.6 Å². The number of hydrogen-bond acceptors (Lipinski definition) is 3. The lowest BCUT2D eigenvalue weighted by Gasteiger charge is -2.32. The highest BCUT2D eigenvalue weighted by Gasteiger charge is 2.28. The number of aryl methyl sites for hydroxylation is 1. The van der Waals surface area contributed by atoms with Crippen LogP contribution in [0.4, 0.5) is 0 Å². The minimum atomic E-state index is -0.538. The number of rotatable bonds is 3. The molecule has 4 rings (SSSR count). The number of aliphatic hydroxyl groups is 1. The molecular formula is C21H25N3O. The van der Waals surface area contributed by atoms with Crippen molar-refractivity contribution in [2.45, 2.75) is 39.0 Å². The van der Waals surface area contributed by atoms with Crippen LogP contribution in [0, 0.1) is 6.92 Å². The first-order valence-corrected chi connectivity index (χ1v) is 8.96. The molecule has 0 saturated carbocycles. The van der Waals surface area contributed by atoms with E-state index in [0.29, 0.717) is 12.6 Å². The van der Waals surface area contributed by atoms with Crippen molar-refractivity contribution >= 4 is 10.9 Å². The van der Waals surface area contributed by atoms with Gasteiger partial charge in [-0.25, -0.2) is 0 Å². The van der Waals surface area contributed by atoms with E-state index in [0.717, 1.165) is 18.5 Å². The third-order valence-electron chi connectivity index (χ3n) is 5.59. The van der Waals surface area contributed by atoms with Gasteiger partial charge in [0, 0.05) is 41.6 Å². The van der Waals surface area contributed by atoms with Crippen molar-refractivity contribution in [3.8, 4) is 0 Å². The molecule has 1 aliphatic heterocycles. The van der Waals surface area contributed by atoms with Crippen molar-refractivity contribution < 1.29 is 5.11 Å². The Morgan fingerprint density at radius 3 is 2.76 bits per heavy atom. The largest absolute Gasteiger partial charge is 0.387 e. The van der Waals surface area contributed by atoms with Crippen molar-refractivity contribution in [3.05, 3.63) is 65.1 Å².